The Labute approximate surface area is 146 Å². The molecule has 0 N–H and O–H groups in total. The molecule has 0 radical (unpaired) electrons. The Morgan fingerprint density at radius 1 is 1.40 bits per heavy atom. The molecule has 0 aromatic carbocycles. The van der Waals surface area contributed by atoms with Crippen LogP contribution in [-0.2, 0) is 28.6 Å². The molecular weight excluding hydrogens is 326 g/mol. The molecule has 25 heavy (non-hydrogen) atoms. The highest BCUT2D eigenvalue weighted by atomic mass is 16.6. The maximum absolute atomic E-state index is 12.2. The van der Waals surface area contributed by atoms with E-state index in [0.717, 1.165) is 0 Å². The fourth-order valence-electron chi connectivity index (χ4n) is 4.38. The Morgan fingerprint density at radius 3 is 2.68 bits per heavy atom. The van der Waals surface area contributed by atoms with Crippen LogP contribution in [-0.4, -0.2) is 36.7 Å². The van der Waals surface area contributed by atoms with Crippen molar-refractivity contribution < 1.29 is 28.6 Å². The molecule has 2 aliphatic carbocycles. The molecule has 136 valence electrons. The second kappa shape index (κ2) is 5.45. The van der Waals surface area contributed by atoms with Crippen LogP contribution in [0, 0.1) is 33.5 Å². The predicted molar refractivity (Wildman–Crippen MR) is 83.7 cm³/mol. The summed E-state index contributed by atoms with van der Waals surface area (Å²) in [5, 5.41) is 9.50. The van der Waals surface area contributed by atoms with Gasteiger partial charge >= 0.3 is 17.9 Å². The van der Waals surface area contributed by atoms with Crippen molar-refractivity contribution in [2.75, 3.05) is 6.61 Å². The van der Waals surface area contributed by atoms with E-state index in [9.17, 15) is 19.6 Å². The van der Waals surface area contributed by atoms with Gasteiger partial charge < -0.3 is 14.2 Å². The molecule has 0 aromatic heterocycles. The average Bonchev–Trinajstić information content (AvgIpc) is 3.05. The second-order valence-electron chi connectivity index (χ2n) is 8.20. The van der Waals surface area contributed by atoms with E-state index >= 15 is 0 Å². The molecule has 1 aliphatic heterocycles. The van der Waals surface area contributed by atoms with Crippen molar-refractivity contribution in [2.45, 2.75) is 59.2 Å². The van der Waals surface area contributed by atoms with Gasteiger partial charge in [-0.1, -0.05) is 13.8 Å². The van der Waals surface area contributed by atoms with Crippen molar-refractivity contribution in [1.82, 2.24) is 0 Å². The van der Waals surface area contributed by atoms with Crippen molar-refractivity contribution in [3.63, 3.8) is 0 Å². The van der Waals surface area contributed by atoms with E-state index in [1.165, 1.54) is 0 Å². The summed E-state index contributed by atoms with van der Waals surface area (Å²) in [6.07, 6.45) is 0.361. The minimum atomic E-state index is -1.12. The Kier molecular flexibility index (Phi) is 3.86. The third-order valence-electron chi connectivity index (χ3n) is 6.42. The molecule has 3 rings (SSSR count). The van der Waals surface area contributed by atoms with Gasteiger partial charge in [0, 0.05) is 11.3 Å². The van der Waals surface area contributed by atoms with Gasteiger partial charge in [-0.05, 0) is 33.1 Å². The molecule has 7 heteroatoms. The van der Waals surface area contributed by atoms with Crippen LogP contribution in [0.5, 0.6) is 0 Å². The van der Waals surface area contributed by atoms with Crippen LogP contribution in [0.2, 0.25) is 0 Å². The van der Waals surface area contributed by atoms with Gasteiger partial charge in [0.1, 0.15) is 12.2 Å². The second-order valence-corrected chi connectivity index (χ2v) is 8.20. The Hall–Kier alpha value is -2.10. The summed E-state index contributed by atoms with van der Waals surface area (Å²) in [4.78, 5) is 36.2. The van der Waals surface area contributed by atoms with E-state index in [1.807, 2.05) is 13.8 Å². The maximum Gasteiger partial charge on any atom is 0.344 e. The van der Waals surface area contributed by atoms with Gasteiger partial charge in [0.2, 0.25) is 0 Å². The molecule has 3 fully saturated rings. The molecule has 1 saturated heterocycles. The highest BCUT2D eigenvalue weighted by Crippen LogP contribution is 2.69. The highest BCUT2D eigenvalue weighted by molar-refractivity contribution is 5.86. The number of hydrogen-bond acceptors (Lipinski definition) is 7. The lowest BCUT2D eigenvalue weighted by Gasteiger charge is -2.34. The van der Waals surface area contributed by atoms with E-state index in [2.05, 4.69) is 6.07 Å². The van der Waals surface area contributed by atoms with Crippen molar-refractivity contribution in [2.24, 2.45) is 22.2 Å². The number of ether oxygens (including phenoxy) is 3. The van der Waals surface area contributed by atoms with Gasteiger partial charge in [0.25, 0.3) is 0 Å². The zero-order valence-corrected chi connectivity index (χ0v) is 15.0. The molecule has 2 saturated carbocycles. The summed E-state index contributed by atoms with van der Waals surface area (Å²) in [7, 11) is 0. The third-order valence-corrected chi connectivity index (χ3v) is 6.42. The summed E-state index contributed by atoms with van der Waals surface area (Å²) in [5.41, 5.74) is -2.41. The molecule has 3 aliphatic rings. The van der Waals surface area contributed by atoms with Crippen molar-refractivity contribution in [3.05, 3.63) is 0 Å². The van der Waals surface area contributed by atoms with E-state index in [-0.39, 0.29) is 5.92 Å². The molecule has 0 amide bonds. The Morgan fingerprint density at radius 2 is 2.08 bits per heavy atom. The maximum atomic E-state index is 12.2. The van der Waals surface area contributed by atoms with Gasteiger partial charge in [0.15, 0.2) is 12.0 Å². The minimum Gasteiger partial charge on any atom is -0.457 e. The quantitative estimate of drug-likeness (QED) is 0.550. The first-order valence-corrected chi connectivity index (χ1v) is 8.60. The first-order chi connectivity index (χ1) is 11.6. The van der Waals surface area contributed by atoms with E-state index in [0.29, 0.717) is 19.3 Å². The summed E-state index contributed by atoms with van der Waals surface area (Å²) in [6, 6.07) is 2.14. The van der Waals surface area contributed by atoms with Gasteiger partial charge in [0.05, 0.1) is 11.5 Å². The number of hydrogen-bond donors (Lipinski definition) is 0. The number of fused-ring (bicyclic) bond motifs is 1. The standard InChI is InChI=1S/C18H23NO6/c1-5-16(2,3)14(21)23-8-11(20)24-12-10-6-17(4)13(12)25-15(22)18(17,7-10)9-19/h10,12-13H,5-8H2,1-4H3. The van der Waals surface area contributed by atoms with Crippen LogP contribution >= 0.6 is 0 Å². The van der Waals surface area contributed by atoms with Crippen LogP contribution < -0.4 is 0 Å². The monoisotopic (exact) mass is 349 g/mol. The summed E-state index contributed by atoms with van der Waals surface area (Å²) < 4.78 is 15.9. The van der Waals surface area contributed by atoms with E-state index in [4.69, 9.17) is 14.2 Å². The van der Waals surface area contributed by atoms with Crippen molar-refractivity contribution in [3.8, 4) is 6.07 Å². The zero-order chi connectivity index (χ0) is 18.6. The smallest absolute Gasteiger partial charge is 0.344 e. The van der Waals surface area contributed by atoms with E-state index in [1.54, 1.807) is 13.8 Å². The van der Waals surface area contributed by atoms with Crippen LogP contribution in [0.25, 0.3) is 0 Å². The highest BCUT2D eigenvalue weighted by Gasteiger charge is 2.78. The van der Waals surface area contributed by atoms with E-state index < -0.39 is 53.0 Å². The lowest BCUT2D eigenvalue weighted by atomic mass is 9.65. The SMILES string of the molecule is CCC(C)(C)C(=O)OCC(=O)OC1C2CC3(C#N)C(=O)OC1C3(C)C2. The number of carbonyl (C=O) groups is 3. The van der Waals surface area contributed by atoms with Crippen molar-refractivity contribution in [1.29, 1.82) is 5.26 Å². The fourth-order valence-corrected chi connectivity index (χ4v) is 4.38. The number of nitriles is 1. The number of carbonyl (C=O) groups excluding carboxylic acids is 3. The first-order valence-electron chi connectivity index (χ1n) is 8.60. The summed E-state index contributed by atoms with van der Waals surface area (Å²) in [6.45, 7) is 6.74. The normalized spacial score (nSPS) is 38.2. The predicted octanol–water partition coefficient (Wildman–Crippen LogP) is 1.74. The number of rotatable bonds is 5. The lowest BCUT2D eigenvalue weighted by molar-refractivity contribution is -0.173. The molecule has 7 nitrogen and oxygen atoms in total. The zero-order valence-electron chi connectivity index (χ0n) is 15.0. The summed E-state index contributed by atoms with van der Waals surface area (Å²) >= 11 is 0. The third kappa shape index (κ3) is 2.26. The van der Waals surface area contributed by atoms with Crippen LogP contribution in [0.15, 0.2) is 0 Å². The Balaban J connectivity index is 1.63. The molecule has 1 heterocycles. The Bertz CT molecular complexity index is 680. The average molecular weight is 349 g/mol. The molecule has 0 aromatic rings. The topological polar surface area (TPSA) is 103 Å². The molecule has 0 spiro atoms. The van der Waals surface area contributed by atoms with Gasteiger partial charge in [-0.25, -0.2) is 4.79 Å². The molecule has 5 atom stereocenters. The minimum absolute atomic E-state index is 0.0900. The van der Waals surface area contributed by atoms with Crippen molar-refractivity contribution >= 4 is 17.9 Å². The largest absolute Gasteiger partial charge is 0.457 e. The molecule has 2 bridgehead atoms. The molecular formula is C18H23NO6. The molecule has 5 unspecified atom stereocenters. The lowest BCUT2D eigenvalue weighted by Crippen LogP contribution is -2.46. The van der Waals surface area contributed by atoms with Gasteiger partial charge in [-0.3, -0.25) is 9.59 Å². The summed E-state index contributed by atoms with van der Waals surface area (Å²) in [5.74, 6) is -1.72. The number of esters is 3. The van der Waals surface area contributed by atoms with Gasteiger partial charge in [-0.15, -0.1) is 0 Å². The van der Waals surface area contributed by atoms with Gasteiger partial charge in [-0.2, -0.15) is 5.26 Å². The fraction of sp³-hybridized carbons (Fsp3) is 0.778. The number of nitrogens with zero attached hydrogens (tertiary/aromatic N) is 1. The van der Waals surface area contributed by atoms with Crippen LogP contribution in [0.3, 0.4) is 0 Å². The van der Waals surface area contributed by atoms with Crippen LogP contribution in [0.4, 0.5) is 0 Å². The first kappa shape index (κ1) is 17.7. The van der Waals surface area contributed by atoms with Crippen LogP contribution in [0.1, 0.15) is 47.0 Å².